The molecule has 1 saturated heterocycles. The number of anilines is 1. The number of rotatable bonds is 3. The van der Waals surface area contributed by atoms with Gasteiger partial charge in [-0.1, -0.05) is 10.4 Å². The summed E-state index contributed by atoms with van der Waals surface area (Å²) in [5, 5.41) is 2.35. The van der Waals surface area contributed by atoms with Gasteiger partial charge in [0.05, 0.1) is 25.5 Å². The molecule has 0 bridgehead atoms. The van der Waals surface area contributed by atoms with Gasteiger partial charge in [0.2, 0.25) is 0 Å². The van der Waals surface area contributed by atoms with E-state index >= 15 is 0 Å². The van der Waals surface area contributed by atoms with Crippen LogP contribution in [0.15, 0.2) is 17.4 Å². The number of sulfonamides is 1. The maximum Gasteiger partial charge on any atom is 0.284 e. The van der Waals surface area contributed by atoms with Crippen LogP contribution >= 0.6 is 12.6 Å². The lowest BCUT2D eigenvalue weighted by Crippen LogP contribution is -2.28. The molecule has 0 amide bonds. The van der Waals surface area contributed by atoms with E-state index in [4.69, 9.17) is 4.84 Å². The van der Waals surface area contributed by atoms with Gasteiger partial charge in [0.15, 0.2) is 10.8 Å². The molecule has 0 radical (unpaired) electrons. The van der Waals surface area contributed by atoms with E-state index in [0.717, 1.165) is 10.7 Å². The molecular weight excluding hydrogens is 288 g/mol. The van der Waals surface area contributed by atoms with Crippen molar-refractivity contribution in [3.8, 4) is 12.0 Å². The number of nitrogens with one attached hydrogen (secondary N) is 1. The maximum atomic E-state index is 12.1. The van der Waals surface area contributed by atoms with Crippen molar-refractivity contribution in [3.63, 3.8) is 0 Å². The third kappa shape index (κ3) is 3.16. The van der Waals surface area contributed by atoms with E-state index in [1.165, 1.54) is 6.20 Å². The van der Waals surface area contributed by atoms with Crippen LogP contribution in [-0.2, 0) is 14.9 Å². The maximum absolute atomic E-state index is 12.1. The largest absolute Gasteiger partial charge is 0.298 e. The summed E-state index contributed by atoms with van der Waals surface area (Å²) >= 11 is 4.16. The summed E-state index contributed by atoms with van der Waals surface area (Å²) in [5.41, 5.74) is 0. The molecule has 0 aliphatic carbocycles. The van der Waals surface area contributed by atoms with Gasteiger partial charge in [-0.2, -0.15) is 12.6 Å². The molecule has 1 aromatic heterocycles. The van der Waals surface area contributed by atoms with Crippen molar-refractivity contribution < 1.29 is 13.3 Å². The second-order valence-corrected chi connectivity index (χ2v) is 6.19. The third-order valence-electron chi connectivity index (χ3n) is 2.25. The van der Waals surface area contributed by atoms with Crippen LogP contribution in [0.2, 0.25) is 0 Å². The van der Waals surface area contributed by atoms with Crippen molar-refractivity contribution in [2.45, 2.75) is 17.2 Å². The Bertz CT molecular complexity index is 606. The van der Waals surface area contributed by atoms with Crippen molar-refractivity contribution in [1.82, 2.24) is 14.4 Å². The fourth-order valence-corrected chi connectivity index (χ4v) is 2.84. The van der Waals surface area contributed by atoms with Crippen molar-refractivity contribution in [2.75, 3.05) is 18.5 Å². The standard InChI is InChI=1S/C10H12N4O3S2/c1-2-3-11-9-4-13-10(5-12-9)19(15,16)14-6-8(18)7-17-14/h4-5,8,18H,6-7H2,1H3,(H,11,12). The van der Waals surface area contributed by atoms with Crippen LogP contribution in [0.25, 0.3) is 0 Å². The first kappa shape index (κ1) is 14.1. The van der Waals surface area contributed by atoms with Crippen molar-refractivity contribution in [2.24, 2.45) is 0 Å². The highest BCUT2D eigenvalue weighted by Crippen LogP contribution is 2.20. The van der Waals surface area contributed by atoms with E-state index in [2.05, 4.69) is 39.9 Å². The Balaban J connectivity index is 2.18. The molecule has 19 heavy (non-hydrogen) atoms. The second kappa shape index (κ2) is 5.75. The monoisotopic (exact) mass is 300 g/mol. The Morgan fingerprint density at radius 3 is 2.84 bits per heavy atom. The van der Waals surface area contributed by atoms with Gasteiger partial charge in [0.1, 0.15) is 0 Å². The van der Waals surface area contributed by atoms with Crippen LogP contribution in [-0.4, -0.2) is 41.3 Å². The summed E-state index contributed by atoms with van der Waals surface area (Å²) in [7, 11) is -3.78. The summed E-state index contributed by atoms with van der Waals surface area (Å²) in [6, 6.07) is 2.59. The molecule has 0 saturated carbocycles. The van der Waals surface area contributed by atoms with Crippen LogP contribution in [0.3, 0.4) is 0 Å². The zero-order valence-electron chi connectivity index (χ0n) is 10.1. The van der Waals surface area contributed by atoms with E-state index in [9.17, 15) is 8.42 Å². The molecule has 102 valence electrons. The van der Waals surface area contributed by atoms with Gasteiger partial charge < -0.3 is 0 Å². The molecule has 1 unspecified atom stereocenters. The first-order chi connectivity index (χ1) is 9.04. The van der Waals surface area contributed by atoms with Crippen LogP contribution in [0.5, 0.6) is 0 Å². The number of thiol groups is 1. The van der Waals surface area contributed by atoms with Gasteiger partial charge >= 0.3 is 0 Å². The van der Waals surface area contributed by atoms with Gasteiger partial charge in [-0.15, -0.1) is 0 Å². The van der Waals surface area contributed by atoms with Gasteiger partial charge in [0.25, 0.3) is 10.0 Å². The van der Waals surface area contributed by atoms with Crippen LogP contribution in [0.4, 0.5) is 5.82 Å². The zero-order chi connectivity index (χ0) is 13.9. The molecule has 1 aromatic rings. The normalized spacial score (nSPS) is 19.8. The smallest absolute Gasteiger partial charge is 0.284 e. The lowest BCUT2D eigenvalue weighted by Gasteiger charge is -2.13. The molecule has 2 heterocycles. The highest BCUT2D eigenvalue weighted by Gasteiger charge is 2.33. The highest BCUT2D eigenvalue weighted by molar-refractivity contribution is 7.89. The lowest BCUT2D eigenvalue weighted by atomic mass is 10.5. The first-order valence-electron chi connectivity index (χ1n) is 5.37. The van der Waals surface area contributed by atoms with E-state index in [0.29, 0.717) is 5.82 Å². The van der Waals surface area contributed by atoms with E-state index in [-0.39, 0.29) is 23.4 Å². The average Bonchev–Trinajstić information content (AvgIpc) is 2.84. The molecule has 1 aliphatic heterocycles. The van der Waals surface area contributed by atoms with E-state index in [1.807, 2.05) is 0 Å². The summed E-state index contributed by atoms with van der Waals surface area (Å²) in [5.74, 6) is 3.00. The predicted molar refractivity (Wildman–Crippen MR) is 71.7 cm³/mol. The molecule has 1 atom stereocenters. The highest BCUT2D eigenvalue weighted by atomic mass is 32.2. The number of aromatic nitrogens is 2. The van der Waals surface area contributed by atoms with Crippen molar-refractivity contribution >= 4 is 28.5 Å². The molecule has 1 aliphatic rings. The van der Waals surface area contributed by atoms with E-state index < -0.39 is 10.0 Å². The van der Waals surface area contributed by atoms with Crippen molar-refractivity contribution in [1.29, 1.82) is 0 Å². The molecule has 0 spiro atoms. The fraction of sp³-hybridized carbons (Fsp3) is 0.400. The first-order valence-corrected chi connectivity index (χ1v) is 7.33. The second-order valence-electron chi connectivity index (χ2n) is 3.68. The minimum absolute atomic E-state index is 0.136. The minimum Gasteiger partial charge on any atom is -0.298 e. The van der Waals surface area contributed by atoms with Crippen LogP contribution < -0.4 is 5.32 Å². The topological polar surface area (TPSA) is 84.4 Å². The Morgan fingerprint density at radius 2 is 2.32 bits per heavy atom. The van der Waals surface area contributed by atoms with Crippen LogP contribution in [0, 0.1) is 12.0 Å². The summed E-state index contributed by atoms with van der Waals surface area (Å²) < 4.78 is 25.1. The van der Waals surface area contributed by atoms with Gasteiger partial charge in [-0.3, -0.25) is 10.2 Å². The molecule has 2 rings (SSSR count). The number of hydrogen-bond acceptors (Lipinski definition) is 7. The molecule has 1 N–H and O–H groups in total. The summed E-state index contributed by atoms with van der Waals surface area (Å²) in [6.07, 6.45) is 2.45. The number of hydroxylamine groups is 1. The predicted octanol–water partition coefficient (Wildman–Crippen LogP) is 0.104. The Morgan fingerprint density at radius 1 is 1.53 bits per heavy atom. The Kier molecular flexibility index (Phi) is 4.26. The van der Waals surface area contributed by atoms with E-state index in [1.54, 1.807) is 6.92 Å². The molecule has 9 heteroatoms. The van der Waals surface area contributed by atoms with Gasteiger partial charge in [0, 0.05) is 11.3 Å². The average molecular weight is 300 g/mol. The van der Waals surface area contributed by atoms with Gasteiger partial charge in [-0.05, 0) is 6.92 Å². The van der Waals surface area contributed by atoms with Crippen molar-refractivity contribution in [3.05, 3.63) is 12.4 Å². The minimum atomic E-state index is -3.78. The molecule has 0 aromatic carbocycles. The SMILES string of the molecule is CC#CNc1cnc(S(=O)(=O)N2CC(S)CO2)cn1. The molecule has 1 fully saturated rings. The zero-order valence-corrected chi connectivity index (χ0v) is 11.8. The van der Waals surface area contributed by atoms with Gasteiger partial charge in [-0.25, -0.2) is 18.4 Å². The quantitative estimate of drug-likeness (QED) is 0.468. The summed E-state index contributed by atoms with van der Waals surface area (Å²) in [4.78, 5) is 12.8. The third-order valence-corrected chi connectivity index (χ3v) is 4.09. The lowest BCUT2D eigenvalue weighted by molar-refractivity contribution is -0.0285. The Hall–Kier alpha value is -1.34. The van der Waals surface area contributed by atoms with Crippen LogP contribution in [0.1, 0.15) is 6.92 Å². The molecule has 7 nitrogen and oxygen atoms in total. The Labute approximate surface area is 116 Å². The number of nitrogens with zero attached hydrogens (tertiary/aromatic N) is 3. The fourth-order valence-electron chi connectivity index (χ4n) is 1.36. The number of hydrogen-bond donors (Lipinski definition) is 2. The summed E-state index contributed by atoms with van der Waals surface area (Å²) in [6.45, 7) is 2.10. The molecular formula is C10H12N4O3S2.